The molecule has 5 nitrogen and oxygen atoms in total. The van der Waals surface area contributed by atoms with Crippen LogP contribution in [0, 0.1) is 5.41 Å². The van der Waals surface area contributed by atoms with E-state index in [0.29, 0.717) is 19.7 Å². The number of nitrogens with one attached hydrogen (secondary N) is 1. The van der Waals surface area contributed by atoms with E-state index in [1.807, 2.05) is 0 Å². The average Bonchev–Trinajstić information content (AvgIpc) is 2.38. The molecule has 0 saturated heterocycles. The highest BCUT2D eigenvalue weighted by molar-refractivity contribution is 5.77. The second kappa shape index (κ2) is 7.09. The van der Waals surface area contributed by atoms with Crippen LogP contribution in [0.15, 0.2) is 18.2 Å². The summed E-state index contributed by atoms with van der Waals surface area (Å²) in [5.41, 5.74) is 4.33. The minimum atomic E-state index is -4.48. The molecule has 0 aromatic carbocycles. The van der Waals surface area contributed by atoms with E-state index in [-0.39, 0.29) is 18.1 Å². The van der Waals surface area contributed by atoms with E-state index < -0.39 is 11.9 Å². The molecule has 0 fully saturated rings. The molecule has 1 aromatic heterocycles. The molecule has 0 aliphatic heterocycles. The number of pyridine rings is 1. The molecular formula is C12H17F3N4O. The number of alkyl halides is 3. The summed E-state index contributed by atoms with van der Waals surface area (Å²) >= 11 is 0. The van der Waals surface area contributed by atoms with Gasteiger partial charge in [-0.25, -0.2) is 4.98 Å². The lowest BCUT2D eigenvalue weighted by Gasteiger charge is -2.23. The van der Waals surface area contributed by atoms with Gasteiger partial charge in [0.05, 0.1) is 12.4 Å². The van der Waals surface area contributed by atoms with Gasteiger partial charge in [-0.15, -0.1) is 0 Å². The van der Waals surface area contributed by atoms with Gasteiger partial charge in [-0.1, -0.05) is 6.07 Å². The first-order chi connectivity index (χ1) is 9.34. The van der Waals surface area contributed by atoms with Crippen LogP contribution in [-0.2, 0) is 10.9 Å². The molecule has 1 heterocycles. The highest BCUT2D eigenvalue weighted by Gasteiger charge is 2.32. The number of halogens is 3. The molecule has 112 valence electrons. The van der Waals surface area contributed by atoms with Crippen LogP contribution in [0.3, 0.4) is 0 Å². The van der Waals surface area contributed by atoms with Crippen LogP contribution in [0.1, 0.15) is 12.1 Å². The number of anilines is 1. The smallest absolute Gasteiger partial charge is 0.388 e. The van der Waals surface area contributed by atoms with Gasteiger partial charge in [0.25, 0.3) is 0 Å². The van der Waals surface area contributed by atoms with E-state index in [0.717, 1.165) is 6.07 Å². The van der Waals surface area contributed by atoms with E-state index >= 15 is 0 Å². The maximum Gasteiger partial charge on any atom is 0.433 e. The van der Waals surface area contributed by atoms with Gasteiger partial charge in [0.15, 0.2) is 0 Å². The molecule has 20 heavy (non-hydrogen) atoms. The standard InChI is InChI=1S/C12H17F3N4O/c1-20-8-7-19(6-5-10(16)17)11-4-2-3-9(18-11)12(13,14)15/h2-4H,5-8H2,1H3,(H3,16,17). The van der Waals surface area contributed by atoms with Crippen molar-refractivity contribution in [2.75, 3.05) is 31.7 Å². The summed E-state index contributed by atoms with van der Waals surface area (Å²) in [4.78, 5) is 5.22. The first-order valence-electron chi connectivity index (χ1n) is 5.95. The van der Waals surface area contributed by atoms with Gasteiger partial charge in [0.1, 0.15) is 11.5 Å². The second-order valence-corrected chi connectivity index (χ2v) is 4.13. The zero-order valence-corrected chi connectivity index (χ0v) is 11.1. The number of nitrogens with two attached hydrogens (primary N) is 1. The Morgan fingerprint density at radius 3 is 2.65 bits per heavy atom. The Kier molecular flexibility index (Phi) is 5.75. The van der Waals surface area contributed by atoms with Gasteiger partial charge < -0.3 is 15.4 Å². The maximum atomic E-state index is 12.6. The van der Waals surface area contributed by atoms with Crippen LogP contribution in [0.25, 0.3) is 0 Å². The van der Waals surface area contributed by atoms with E-state index in [2.05, 4.69) is 4.98 Å². The van der Waals surface area contributed by atoms with Crippen LogP contribution in [-0.4, -0.2) is 37.6 Å². The Hall–Kier alpha value is -1.83. The fourth-order valence-electron chi connectivity index (χ4n) is 1.56. The van der Waals surface area contributed by atoms with Crippen molar-refractivity contribution in [2.24, 2.45) is 5.73 Å². The summed E-state index contributed by atoms with van der Waals surface area (Å²) < 4.78 is 42.8. The molecule has 0 unspecified atom stereocenters. The van der Waals surface area contributed by atoms with Crippen molar-refractivity contribution in [1.29, 1.82) is 5.41 Å². The molecule has 1 rings (SSSR count). The van der Waals surface area contributed by atoms with E-state index in [1.165, 1.54) is 19.2 Å². The third-order valence-corrected chi connectivity index (χ3v) is 2.57. The zero-order valence-electron chi connectivity index (χ0n) is 11.1. The Morgan fingerprint density at radius 2 is 2.10 bits per heavy atom. The van der Waals surface area contributed by atoms with Crippen molar-refractivity contribution in [3.63, 3.8) is 0 Å². The van der Waals surface area contributed by atoms with Crippen molar-refractivity contribution >= 4 is 11.7 Å². The third kappa shape index (κ3) is 5.04. The molecule has 0 radical (unpaired) electrons. The second-order valence-electron chi connectivity index (χ2n) is 4.13. The minimum Gasteiger partial charge on any atom is -0.388 e. The lowest BCUT2D eigenvalue weighted by Crippen LogP contribution is -2.32. The Labute approximate surface area is 115 Å². The molecule has 8 heteroatoms. The van der Waals surface area contributed by atoms with E-state index in [4.69, 9.17) is 15.9 Å². The van der Waals surface area contributed by atoms with E-state index in [9.17, 15) is 13.2 Å². The largest absolute Gasteiger partial charge is 0.433 e. The van der Waals surface area contributed by atoms with Crippen LogP contribution in [0.2, 0.25) is 0 Å². The number of methoxy groups -OCH3 is 1. The van der Waals surface area contributed by atoms with Crippen molar-refractivity contribution < 1.29 is 17.9 Å². The number of aromatic nitrogens is 1. The van der Waals surface area contributed by atoms with Gasteiger partial charge in [-0.05, 0) is 12.1 Å². The molecule has 3 N–H and O–H groups in total. The highest BCUT2D eigenvalue weighted by Crippen LogP contribution is 2.28. The van der Waals surface area contributed by atoms with Crippen molar-refractivity contribution in [2.45, 2.75) is 12.6 Å². The van der Waals surface area contributed by atoms with Crippen molar-refractivity contribution in [3.05, 3.63) is 23.9 Å². The summed E-state index contributed by atoms with van der Waals surface area (Å²) in [6.07, 6.45) is -4.23. The fraction of sp³-hybridized carbons (Fsp3) is 0.500. The number of rotatable bonds is 7. The lowest BCUT2D eigenvalue weighted by molar-refractivity contribution is -0.141. The third-order valence-electron chi connectivity index (χ3n) is 2.57. The summed E-state index contributed by atoms with van der Waals surface area (Å²) in [7, 11) is 1.50. The number of ether oxygens (including phenoxy) is 1. The van der Waals surface area contributed by atoms with Crippen LogP contribution >= 0.6 is 0 Å². The molecule has 0 saturated carbocycles. The van der Waals surface area contributed by atoms with Crippen LogP contribution < -0.4 is 10.6 Å². The lowest BCUT2D eigenvalue weighted by atomic mass is 10.3. The molecule has 0 atom stereocenters. The maximum absolute atomic E-state index is 12.6. The SMILES string of the molecule is COCCN(CCC(=N)N)c1cccc(C(F)(F)F)n1. The summed E-state index contributed by atoms with van der Waals surface area (Å²) in [6.45, 7) is 1.03. The topological polar surface area (TPSA) is 75.2 Å². The predicted octanol–water partition coefficient (Wildman–Crippen LogP) is 1.88. The predicted molar refractivity (Wildman–Crippen MR) is 69.9 cm³/mol. The number of nitrogens with zero attached hydrogens (tertiary/aromatic N) is 2. The Morgan fingerprint density at radius 1 is 1.40 bits per heavy atom. The van der Waals surface area contributed by atoms with Crippen LogP contribution in [0.5, 0.6) is 0 Å². The molecule has 0 aliphatic rings. The normalized spacial score (nSPS) is 11.4. The van der Waals surface area contributed by atoms with Gasteiger partial charge in [-0.3, -0.25) is 5.41 Å². The number of amidine groups is 1. The molecule has 1 aromatic rings. The average molecular weight is 290 g/mol. The van der Waals surface area contributed by atoms with Gasteiger partial charge >= 0.3 is 6.18 Å². The van der Waals surface area contributed by atoms with Gasteiger partial charge in [0, 0.05) is 26.6 Å². The zero-order chi connectivity index (χ0) is 15.2. The highest BCUT2D eigenvalue weighted by atomic mass is 19.4. The Bertz CT molecular complexity index is 451. The fourth-order valence-corrected chi connectivity index (χ4v) is 1.56. The summed E-state index contributed by atoms with van der Waals surface area (Å²) in [6, 6.07) is 3.72. The molecule has 0 amide bonds. The summed E-state index contributed by atoms with van der Waals surface area (Å²) in [5.74, 6) is 0.164. The molecule has 0 aliphatic carbocycles. The minimum absolute atomic E-state index is 0.0283. The van der Waals surface area contributed by atoms with E-state index in [1.54, 1.807) is 4.90 Å². The first kappa shape index (κ1) is 16.2. The quantitative estimate of drug-likeness (QED) is 0.594. The number of hydrogen-bond acceptors (Lipinski definition) is 4. The van der Waals surface area contributed by atoms with Gasteiger partial charge in [0.2, 0.25) is 0 Å². The number of hydrogen-bond donors (Lipinski definition) is 2. The molecule has 0 bridgehead atoms. The first-order valence-corrected chi connectivity index (χ1v) is 5.95. The van der Waals surface area contributed by atoms with Gasteiger partial charge in [-0.2, -0.15) is 13.2 Å². The molecule has 0 spiro atoms. The Balaban J connectivity index is 2.91. The van der Waals surface area contributed by atoms with Crippen LogP contribution in [0.4, 0.5) is 19.0 Å². The summed E-state index contributed by atoms with van der Waals surface area (Å²) in [5, 5.41) is 7.19. The molecular weight excluding hydrogens is 273 g/mol. The van der Waals surface area contributed by atoms with Crippen molar-refractivity contribution in [1.82, 2.24) is 4.98 Å². The van der Waals surface area contributed by atoms with Crippen molar-refractivity contribution in [3.8, 4) is 0 Å². The monoisotopic (exact) mass is 290 g/mol.